The van der Waals surface area contributed by atoms with E-state index in [0.717, 1.165) is 5.56 Å². The first kappa shape index (κ1) is 24.7. The fourth-order valence-corrected chi connectivity index (χ4v) is 5.62. The molecule has 1 amide bonds. The molecule has 0 radical (unpaired) electrons. The molecular formula is C27H25FN4O4S. The molecule has 1 aliphatic carbocycles. The monoisotopic (exact) mass is 520 g/mol. The zero-order valence-corrected chi connectivity index (χ0v) is 20.9. The number of ether oxygens (including phenoxy) is 1. The highest BCUT2D eigenvalue weighted by atomic mass is 32.2. The summed E-state index contributed by atoms with van der Waals surface area (Å²) in [5.74, 6) is -0.177. The first-order valence-electron chi connectivity index (χ1n) is 11.7. The lowest BCUT2D eigenvalue weighted by molar-refractivity contribution is -0.116. The van der Waals surface area contributed by atoms with Crippen molar-refractivity contribution in [3.8, 4) is 22.7 Å². The van der Waals surface area contributed by atoms with Gasteiger partial charge in [0.25, 0.3) is 0 Å². The molecule has 190 valence electrons. The molecule has 1 fully saturated rings. The van der Waals surface area contributed by atoms with Crippen LogP contribution in [0.4, 0.5) is 10.3 Å². The molecule has 37 heavy (non-hydrogen) atoms. The van der Waals surface area contributed by atoms with Crippen molar-refractivity contribution in [3.05, 3.63) is 90.9 Å². The number of anilines is 1. The lowest BCUT2D eigenvalue weighted by atomic mass is 10.2. The number of nitrogens with one attached hydrogen (secondary N) is 1. The van der Waals surface area contributed by atoms with Gasteiger partial charge in [-0.3, -0.25) is 14.7 Å². The second-order valence-corrected chi connectivity index (χ2v) is 10.6. The maximum Gasteiger partial charge on any atom is 0.243 e. The van der Waals surface area contributed by atoms with Crippen molar-refractivity contribution in [2.75, 3.05) is 19.0 Å². The van der Waals surface area contributed by atoms with E-state index in [1.54, 1.807) is 35.0 Å². The Hall–Kier alpha value is -4.02. The average Bonchev–Trinajstić information content (AvgIpc) is 3.67. The minimum absolute atomic E-state index is 0.0900. The van der Waals surface area contributed by atoms with Gasteiger partial charge in [0, 0.05) is 23.5 Å². The maximum absolute atomic E-state index is 13.5. The Morgan fingerprint density at radius 1 is 1.05 bits per heavy atom. The van der Waals surface area contributed by atoms with E-state index in [1.807, 2.05) is 30.3 Å². The number of nitrogens with zero attached hydrogens (tertiary/aromatic N) is 3. The number of sulfonamides is 1. The molecule has 0 atom stereocenters. The van der Waals surface area contributed by atoms with Crippen LogP contribution >= 0.6 is 0 Å². The molecule has 4 aromatic rings. The van der Waals surface area contributed by atoms with E-state index in [1.165, 1.54) is 35.7 Å². The summed E-state index contributed by atoms with van der Waals surface area (Å²) < 4.78 is 48.2. The van der Waals surface area contributed by atoms with Crippen molar-refractivity contribution in [1.29, 1.82) is 0 Å². The van der Waals surface area contributed by atoms with Gasteiger partial charge in [0.2, 0.25) is 21.9 Å². The summed E-state index contributed by atoms with van der Waals surface area (Å²) in [5, 5.41) is 2.76. The molecule has 1 aromatic heterocycles. The van der Waals surface area contributed by atoms with Crippen LogP contribution < -0.4 is 10.1 Å². The van der Waals surface area contributed by atoms with Crippen LogP contribution in [-0.2, 0) is 14.8 Å². The first-order valence-corrected chi connectivity index (χ1v) is 13.2. The Kier molecular flexibility index (Phi) is 6.77. The third-order valence-electron chi connectivity index (χ3n) is 6.05. The number of methoxy groups -OCH3 is 1. The Morgan fingerprint density at radius 2 is 1.73 bits per heavy atom. The standard InChI is InChI=1S/C27H25FN4O4S/c1-36-23-13-15-24(16-14-23)37(34,35)32(22-11-12-22)18-26(33)30-27-29-25(19-5-3-2-4-6-19)17-31(27)21-9-7-20(28)8-10-21/h2-10,13-17,22H,11-12,18H2,1H3,(H,29,30,33). The second kappa shape index (κ2) is 10.2. The topological polar surface area (TPSA) is 93.5 Å². The van der Waals surface area contributed by atoms with Gasteiger partial charge in [-0.05, 0) is 61.4 Å². The van der Waals surface area contributed by atoms with Gasteiger partial charge in [-0.25, -0.2) is 17.8 Å². The predicted octanol–water partition coefficient (Wildman–Crippen LogP) is 4.48. The van der Waals surface area contributed by atoms with E-state index < -0.39 is 15.9 Å². The third-order valence-corrected chi connectivity index (χ3v) is 7.96. The van der Waals surface area contributed by atoms with Gasteiger partial charge in [-0.2, -0.15) is 4.31 Å². The molecule has 1 heterocycles. The fraction of sp³-hybridized carbons (Fsp3) is 0.185. The minimum atomic E-state index is -3.91. The molecular weight excluding hydrogens is 495 g/mol. The summed E-state index contributed by atoms with van der Waals surface area (Å²) in [6, 6.07) is 21.0. The quantitative estimate of drug-likeness (QED) is 0.351. The number of rotatable bonds is 9. The molecule has 0 saturated heterocycles. The Morgan fingerprint density at radius 3 is 2.35 bits per heavy atom. The van der Waals surface area contributed by atoms with E-state index in [4.69, 9.17) is 4.74 Å². The van der Waals surface area contributed by atoms with Crippen LogP contribution in [0.15, 0.2) is 90.0 Å². The van der Waals surface area contributed by atoms with Crippen molar-refractivity contribution in [2.45, 2.75) is 23.8 Å². The molecule has 0 unspecified atom stereocenters. The summed E-state index contributed by atoms with van der Waals surface area (Å²) in [6.07, 6.45) is 3.11. The van der Waals surface area contributed by atoms with Gasteiger partial charge in [0.1, 0.15) is 11.6 Å². The van der Waals surface area contributed by atoms with Crippen molar-refractivity contribution in [1.82, 2.24) is 13.9 Å². The molecule has 5 rings (SSSR count). The van der Waals surface area contributed by atoms with E-state index >= 15 is 0 Å². The summed E-state index contributed by atoms with van der Waals surface area (Å²) in [4.78, 5) is 17.8. The SMILES string of the molecule is COc1ccc(S(=O)(=O)N(CC(=O)Nc2nc(-c3ccccc3)cn2-c2ccc(F)cc2)C2CC2)cc1. The van der Waals surface area contributed by atoms with Crippen LogP contribution in [0.2, 0.25) is 0 Å². The molecule has 8 nitrogen and oxygen atoms in total. The Bertz CT molecular complexity index is 1500. The molecule has 0 aliphatic heterocycles. The van der Waals surface area contributed by atoms with Gasteiger partial charge in [0.05, 0.1) is 24.2 Å². The number of amides is 1. The molecule has 0 spiro atoms. The number of carbonyl (C=O) groups is 1. The lowest BCUT2D eigenvalue weighted by Crippen LogP contribution is -2.39. The molecule has 3 aromatic carbocycles. The maximum atomic E-state index is 13.5. The zero-order valence-electron chi connectivity index (χ0n) is 20.0. The van der Waals surface area contributed by atoms with E-state index in [2.05, 4.69) is 10.3 Å². The molecule has 1 aliphatic rings. The highest BCUT2D eigenvalue weighted by molar-refractivity contribution is 7.89. The lowest BCUT2D eigenvalue weighted by Gasteiger charge is -2.21. The predicted molar refractivity (Wildman–Crippen MR) is 137 cm³/mol. The Balaban J connectivity index is 1.42. The number of hydrogen-bond donors (Lipinski definition) is 1. The summed E-state index contributed by atoms with van der Waals surface area (Å²) in [5.41, 5.74) is 2.03. The van der Waals surface area contributed by atoms with Gasteiger partial charge >= 0.3 is 0 Å². The van der Waals surface area contributed by atoms with Gasteiger partial charge in [-0.15, -0.1) is 0 Å². The van der Waals surface area contributed by atoms with E-state index in [9.17, 15) is 17.6 Å². The minimum Gasteiger partial charge on any atom is -0.497 e. The van der Waals surface area contributed by atoms with Crippen LogP contribution in [0.1, 0.15) is 12.8 Å². The van der Waals surface area contributed by atoms with Crippen molar-refractivity contribution in [3.63, 3.8) is 0 Å². The van der Waals surface area contributed by atoms with Crippen LogP contribution in [0, 0.1) is 5.82 Å². The molecule has 1 saturated carbocycles. The molecule has 1 N–H and O–H groups in total. The van der Waals surface area contributed by atoms with Crippen LogP contribution in [0.25, 0.3) is 16.9 Å². The summed E-state index contributed by atoms with van der Waals surface area (Å²) >= 11 is 0. The van der Waals surface area contributed by atoms with Gasteiger partial charge < -0.3 is 4.74 Å². The average molecular weight is 521 g/mol. The van der Waals surface area contributed by atoms with Crippen LogP contribution in [-0.4, -0.2) is 47.9 Å². The highest BCUT2D eigenvalue weighted by Crippen LogP contribution is 2.32. The summed E-state index contributed by atoms with van der Waals surface area (Å²) in [7, 11) is -2.40. The van der Waals surface area contributed by atoms with Gasteiger partial charge in [-0.1, -0.05) is 30.3 Å². The smallest absolute Gasteiger partial charge is 0.243 e. The number of halogens is 1. The van der Waals surface area contributed by atoms with Crippen LogP contribution in [0.5, 0.6) is 5.75 Å². The molecule has 10 heteroatoms. The van der Waals surface area contributed by atoms with Crippen molar-refractivity contribution in [2.24, 2.45) is 0 Å². The number of hydrogen-bond acceptors (Lipinski definition) is 5. The number of imidazole rings is 1. The number of aromatic nitrogens is 2. The van der Waals surface area contributed by atoms with Crippen molar-refractivity contribution >= 4 is 21.9 Å². The third kappa shape index (κ3) is 5.40. The number of carbonyl (C=O) groups excluding carboxylic acids is 1. The van der Waals surface area contributed by atoms with E-state index in [-0.39, 0.29) is 29.2 Å². The second-order valence-electron chi connectivity index (χ2n) is 8.67. The fourth-order valence-electron chi connectivity index (χ4n) is 3.98. The zero-order chi connectivity index (χ0) is 26.0. The van der Waals surface area contributed by atoms with Gasteiger partial charge in [0.15, 0.2) is 0 Å². The molecule has 0 bridgehead atoms. The normalized spacial score (nSPS) is 13.5. The summed E-state index contributed by atoms with van der Waals surface area (Å²) in [6.45, 7) is -0.365. The van der Waals surface area contributed by atoms with Crippen molar-refractivity contribution < 1.29 is 22.3 Å². The largest absolute Gasteiger partial charge is 0.497 e. The number of benzene rings is 3. The van der Waals surface area contributed by atoms with E-state index in [0.29, 0.717) is 30.0 Å². The highest BCUT2D eigenvalue weighted by Gasteiger charge is 2.39. The first-order chi connectivity index (χ1) is 17.8. The Labute approximate surface area is 214 Å². The van der Waals surface area contributed by atoms with Crippen LogP contribution in [0.3, 0.4) is 0 Å².